The summed E-state index contributed by atoms with van der Waals surface area (Å²) in [5.41, 5.74) is 1.63. The topological polar surface area (TPSA) is 86.8 Å². The molecule has 2 aromatic rings. The molecule has 0 aromatic heterocycles. The van der Waals surface area contributed by atoms with E-state index in [1.807, 2.05) is 12.1 Å². The molecule has 0 saturated heterocycles. The van der Waals surface area contributed by atoms with Crippen LogP contribution in [-0.2, 0) is 9.72 Å². The highest BCUT2D eigenvalue weighted by Gasteiger charge is 2.52. The summed E-state index contributed by atoms with van der Waals surface area (Å²) in [4.78, 5) is 20.9. The number of hydrazine groups is 1. The second-order valence-corrected chi connectivity index (χ2v) is 7.42. The summed E-state index contributed by atoms with van der Waals surface area (Å²) in [6, 6.07) is 17.8. The minimum Gasteiger partial charge on any atom is -0.323 e. The van der Waals surface area contributed by atoms with Gasteiger partial charge >= 0.3 is 7.60 Å². The first-order valence-corrected chi connectivity index (χ1v) is 9.14. The van der Waals surface area contributed by atoms with Gasteiger partial charge in [0.15, 0.2) is 0 Å². The van der Waals surface area contributed by atoms with Crippen LogP contribution in [0.1, 0.15) is 11.1 Å². The molecule has 1 aliphatic heterocycles. The zero-order valence-corrected chi connectivity index (χ0v) is 13.9. The van der Waals surface area contributed by atoms with Gasteiger partial charge in [-0.3, -0.25) is 4.57 Å². The van der Waals surface area contributed by atoms with Gasteiger partial charge in [-0.25, -0.2) is 5.84 Å². The van der Waals surface area contributed by atoms with E-state index < -0.39 is 12.8 Å². The van der Waals surface area contributed by atoms with Crippen LogP contribution in [0.2, 0.25) is 0 Å². The summed E-state index contributed by atoms with van der Waals surface area (Å²) in [6.07, 6.45) is 5.06. The Hall–Kier alpha value is -2.17. The third kappa shape index (κ3) is 2.72. The van der Waals surface area contributed by atoms with Gasteiger partial charge in [0, 0.05) is 6.20 Å². The summed E-state index contributed by atoms with van der Waals surface area (Å²) in [5.74, 6) is 5.73. The smallest absolute Gasteiger partial charge is 0.323 e. The van der Waals surface area contributed by atoms with E-state index in [0.717, 1.165) is 0 Å². The molecule has 0 bridgehead atoms. The number of hydrogen-bond acceptors (Lipinski definition) is 3. The Morgan fingerprint density at radius 3 is 1.83 bits per heavy atom. The number of benzene rings is 2. The molecule has 6 heteroatoms. The Morgan fingerprint density at radius 2 is 1.46 bits per heavy atom. The lowest BCUT2D eigenvalue weighted by Crippen LogP contribution is -2.34. The van der Waals surface area contributed by atoms with Crippen molar-refractivity contribution in [3.63, 3.8) is 0 Å². The normalized spacial score (nSPS) is 15.3. The molecule has 0 amide bonds. The Bertz CT molecular complexity index is 773. The van der Waals surface area contributed by atoms with E-state index >= 15 is 0 Å². The fourth-order valence-electron chi connectivity index (χ4n) is 3.14. The molecular formula is C18H19N2O3P. The fourth-order valence-corrected chi connectivity index (χ4v) is 4.61. The zero-order chi connectivity index (χ0) is 17.2. The SMILES string of the molecule is NN1C=CC(C(c2ccccc2)(c2ccccc2)P(=O)(O)O)=CC1. The van der Waals surface area contributed by atoms with Crippen LogP contribution in [0.25, 0.3) is 0 Å². The van der Waals surface area contributed by atoms with Gasteiger partial charge in [-0.05, 0) is 22.8 Å². The highest BCUT2D eigenvalue weighted by molar-refractivity contribution is 7.53. The van der Waals surface area contributed by atoms with E-state index in [9.17, 15) is 14.4 Å². The molecule has 0 atom stereocenters. The maximum Gasteiger partial charge on any atom is 0.344 e. The van der Waals surface area contributed by atoms with E-state index in [-0.39, 0.29) is 0 Å². The molecule has 24 heavy (non-hydrogen) atoms. The van der Waals surface area contributed by atoms with Crippen molar-refractivity contribution in [1.29, 1.82) is 0 Å². The van der Waals surface area contributed by atoms with Gasteiger partial charge in [0.2, 0.25) is 0 Å². The van der Waals surface area contributed by atoms with Gasteiger partial charge in [0.25, 0.3) is 0 Å². The molecule has 1 heterocycles. The minimum absolute atomic E-state index is 0.382. The van der Waals surface area contributed by atoms with E-state index in [4.69, 9.17) is 5.84 Å². The van der Waals surface area contributed by atoms with Crippen molar-refractivity contribution in [3.8, 4) is 0 Å². The highest BCUT2D eigenvalue weighted by atomic mass is 31.2. The van der Waals surface area contributed by atoms with Gasteiger partial charge in [-0.2, -0.15) is 0 Å². The van der Waals surface area contributed by atoms with Gasteiger partial charge in [0.05, 0.1) is 6.54 Å². The Kier molecular flexibility index (Phi) is 4.43. The average Bonchev–Trinajstić information content (AvgIpc) is 2.58. The summed E-state index contributed by atoms with van der Waals surface area (Å²) in [7, 11) is -4.62. The molecule has 0 saturated carbocycles. The molecule has 0 fully saturated rings. The van der Waals surface area contributed by atoms with Crippen molar-refractivity contribution in [2.75, 3.05) is 6.54 Å². The molecule has 5 nitrogen and oxygen atoms in total. The predicted molar refractivity (Wildman–Crippen MR) is 93.8 cm³/mol. The first-order chi connectivity index (χ1) is 11.5. The minimum atomic E-state index is -4.62. The number of nitrogens with two attached hydrogens (primary N) is 1. The van der Waals surface area contributed by atoms with Gasteiger partial charge < -0.3 is 14.8 Å². The van der Waals surface area contributed by atoms with Crippen molar-refractivity contribution >= 4 is 7.60 Å². The standard InChI is InChI=1S/C18H19N2O3P/c19-20-13-11-17(12-14-20)18(24(21,22)23,15-7-3-1-4-8-15)16-9-5-2-6-10-16/h1-13H,14,19H2,(H2,21,22,23). The lowest BCUT2D eigenvalue weighted by atomic mass is 9.82. The van der Waals surface area contributed by atoms with Crippen molar-refractivity contribution in [2.24, 2.45) is 5.84 Å². The maximum absolute atomic E-state index is 12.8. The quantitative estimate of drug-likeness (QED) is 0.587. The van der Waals surface area contributed by atoms with Crippen LogP contribution in [-0.4, -0.2) is 21.3 Å². The summed E-state index contributed by atoms with van der Waals surface area (Å²) in [6.45, 7) is 0.382. The van der Waals surface area contributed by atoms with Crippen LogP contribution in [0.15, 0.2) is 84.6 Å². The largest absolute Gasteiger partial charge is 0.344 e. The van der Waals surface area contributed by atoms with Crippen LogP contribution in [0, 0.1) is 0 Å². The molecule has 0 spiro atoms. The third-order valence-corrected chi connectivity index (χ3v) is 5.85. The first-order valence-electron chi connectivity index (χ1n) is 7.53. The Morgan fingerprint density at radius 1 is 0.958 bits per heavy atom. The lowest BCUT2D eigenvalue weighted by molar-refractivity contribution is 0.347. The molecule has 0 unspecified atom stereocenters. The van der Waals surface area contributed by atoms with Crippen molar-refractivity contribution in [3.05, 3.63) is 95.7 Å². The number of allylic oxidation sites excluding steroid dienone is 2. The second kappa shape index (κ2) is 6.38. The second-order valence-electron chi connectivity index (χ2n) is 5.66. The third-order valence-electron chi connectivity index (χ3n) is 4.21. The van der Waals surface area contributed by atoms with E-state index in [0.29, 0.717) is 23.2 Å². The summed E-state index contributed by atoms with van der Waals surface area (Å²) < 4.78 is 12.8. The maximum atomic E-state index is 12.8. The molecule has 1 aliphatic rings. The number of nitrogens with zero attached hydrogens (tertiary/aromatic N) is 1. The lowest BCUT2D eigenvalue weighted by Gasteiger charge is -2.38. The fraction of sp³-hybridized carbons (Fsp3) is 0.111. The Labute approximate surface area is 140 Å². The molecule has 4 N–H and O–H groups in total. The summed E-state index contributed by atoms with van der Waals surface area (Å²) in [5, 5.41) is -0.1000. The number of rotatable bonds is 4. The molecule has 124 valence electrons. The van der Waals surface area contributed by atoms with Crippen LogP contribution in [0.4, 0.5) is 0 Å². The molecule has 2 aromatic carbocycles. The zero-order valence-electron chi connectivity index (χ0n) is 13.0. The van der Waals surface area contributed by atoms with E-state index in [1.54, 1.807) is 66.9 Å². The van der Waals surface area contributed by atoms with E-state index in [2.05, 4.69) is 0 Å². The van der Waals surface area contributed by atoms with Gasteiger partial charge in [-0.1, -0.05) is 66.7 Å². The van der Waals surface area contributed by atoms with Crippen LogP contribution < -0.4 is 5.84 Å². The number of hydrogen-bond donors (Lipinski definition) is 3. The van der Waals surface area contributed by atoms with Crippen LogP contribution in [0.3, 0.4) is 0 Å². The van der Waals surface area contributed by atoms with Crippen molar-refractivity contribution in [2.45, 2.75) is 5.16 Å². The van der Waals surface area contributed by atoms with Crippen molar-refractivity contribution in [1.82, 2.24) is 5.01 Å². The molecule has 0 radical (unpaired) electrons. The van der Waals surface area contributed by atoms with Crippen LogP contribution in [0.5, 0.6) is 0 Å². The van der Waals surface area contributed by atoms with Crippen molar-refractivity contribution < 1.29 is 14.4 Å². The monoisotopic (exact) mass is 342 g/mol. The first kappa shape index (κ1) is 16.7. The highest BCUT2D eigenvalue weighted by Crippen LogP contribution is 2.64. The molecule has 3 rings (SSSR count). The molecule has 0 aliphatic carbocycles. The van der Waals surface area contributed by atoms with E-state index in [1.165, 1.54) is 5.01 Å². The van der Waals surface area contributed by atoms with Crippen LogP contribution >= 0.6 is 7.60 Å². The predicted octanol–water partition coefficient (Wildman–Crippen LogP) is 2.74. The summed E-state index contributed by atoms with van der Waals surface area (Å²) >= 11 is 0. The van der Waals surface area contributed by atoms with Gasteiger partial charge in [0.1, 0.15) is 5.16 Å². The Balaban J connectivity index is 2.35. The molecular weight excluding hydrogens is 323 g/mol. The van der Waals surface area contributed by atoms with Gasteiger partial charge in [-0.15, -0.1) is 0 Å². The average molecular weight is 342 g/mol.